The van der Waals surface area contributed by atoms with Crippen molar-refractivity contribution >= 4 is 23.1 Å². The Morgan fingerprint density at radius 3 is 3.10 bits per heavy atom. The Hall–Kier alpha value is 0.01000. The fourth-order valence-corrected chi connectivity index (χ4v) is 2.22. The van der Waals surface area contributed by atoms with Crippen molar-refractivity contribution in [1.29, 1.82) is 0 Å². The van der Waals surface area contributed by atoms with E-state index in [1.165, 1.54) is 4.21 Å². The molecular weight excluding hydrogens is 164 g/mol. The molecule has 1 heterocycles. The lowest BCUT2D eigenvalue weighted by Gasteiger charge is -1.99. The summed E-state index contributed by atoms with van der Waals surface area (Å²) in [6, 6.07) is 4.09. The average molecular weight is 174 g/mol. The van der Waals surface area contributed by atoms with Gasteiger partial charge in [-0.25, -0.2) is 0 Å². The molecule has 56 valence electrons. The number of rotatable bonds is 3. The van der Waals surface area contributed by atoms with E-state index in [2.05, 4.69) is 6.07 Å². The van der Waals surface area contributed by atoms with Crippen LogP contribution in [0.3, 0.4) is 0 Å². The van der Waals surface area contributed by atoms with E-state index in [-0.39, 0.29) is 6.10 Å². The highest BCUT2D eigenvalue weighted by molar-refractivity contribution is 8.01. The molecule has 3 heteroatoms. The number of hydrogen-bond acceptors (Lipinski definition) is 3. The van der Waals surface area contributed by atoms with Crippen LogP contribution in [0, 0.1) is 0 Å². The van der Waals surface area contributed by atoms with E-state index in [1.54, 1.807) is 30.0 Å². The van der Waals surface area contributed by atoms with Gasteiger partial charge in [0.25, 0.3) is 0 Å². The first-order valence-corrected chi connectivity index (χ1v) is 5.00. The van der Waals surface area contributed by atoms with E-state index in [1.807, 2.05) is 11.4 Å². The van der Waals surface area contributed by atoms with Crippen LogP contribution in [0.2, 0.25) is 0 Å². The van der Waals surface area contributed by atoms with Gasteiger partial charge in [-0.15, -0.1) is 23.1 Å². The molecule has 0 bridgehead atoms. The van der Waals surface area contributed by atoms with Crippen molar-refractivity contribution in [2.45, 2.75) is 17.2 Å². The lowest BCUT2D eigenvalue weighted by molar-refractivity contribution is 0.220. The lowest BCUT2D eigenvalue weighted by atomic mass is 10.5. The van der Waals surface area contributed by atoms with Crippen molar-refractivity contribution in [1.82, 2.24) is 0 Å². The Bertz CT molecular complexity index is 170. The van der Waals surface area contributed by atoms with Gasteiger partial charge in [0.05, 0.1) is 10.3 Å². The number of thiophene rings is 1. The summed E-state index contributed by atoms with van der Waals surface area (Å²) < 4.78 is 1.28. The van der Waals surface area contributed by atoms with Crippen LogP contribution in [-0.4, -0.2) is 17.0 Å². The van der Waals surface area contributed by atoms with Crippen LogP contribution in [0.4, 0.5) is 0 Å². The van der Waals surface area contributed by atoms with Gasteiger partial charge in [0, 0.05) is 5.75 Å². The maximum Gasteiger partial charge on any atom is 0.0606 e. The molecule has 1 nitrogen and oxygen atoms in total. The highest BCUT2D eigenvalue weighted by atomic mass is 32.2. The van der Waals surface area contributed by atoms with Gasteiger partial charge in [-0.2, -0.15) is 0 Å². The number of aliphatic hydroxyl groups excluding tert-OH is 1. The van der Waals surface area contributed by atoms with Gasteiger partial charge in [0.2, 0.25) is 0 Å². The summed E-state index contributed by atoms with van der Waals surface area (Å²) in [4.78, 5) is 0. The maximum atomic E-state index is 8.93. The minimum atomic E-state index is -0.202. The predicted molar refractivity (Wildman–Crippen MR) is 46.7 cm³/mol. The Labute approximate surface area is 69.1 Å². The summed E-state index contributed by atoms with van der Waals surface area (Å²) >= 11 is 3.42. The predicted octanol–water partition coefficient (Wildman–Crippen LogP) is 2.22. The molecule has 1 N–H and O–H groups in total. The lowest BCUT2D eigenvalue weighted by Crippen LogP contribution is -2.01. The molecule has 0 saturated carbocycles. The molecule has 0 aliphatic rings. The molecule has 0 fully saturated rings. The van der Waals surface area contributed by atoms with Crippen molar-refractivity contribution in [2.75, 3.05) is 5.75 Å². The normalized spacial score (nSPS) is 13.4. The number of thioether (sulfide) groups is 1. The quantitative estimate of drug-likeness (QED) is 0.709. The third kappa shape index (κ3) is 2.73. The second-order valence-corrected chi connectivity index (χ2v) is 4.36. The second kappa shape index (κ2) is 4.01. The third-order valence-electron chi connectivity index (χ3n) is 0.962. The minimum absolute atomic E-state index is 0.202. The van der Waals surface area contributed by atoms with Crippen LogP contribution < -0.4 is 0 Å². The third-order valence-corrected chi connectivity index (χ3v) is 3.34. The van der Waals surface area contributed by atoms with Crippen molar-refractivity contribution in [3.05, 3.63) is 17.5 Å². The van der Waals surface area contributed by atoms with Gasteiger partial charge in [0.15, 0.2) is 0 Å². The molecule has 0 saturated heterocycles. The summed E-state index contributed by atoms with van der Waals surface area (Å²) in [6.07, 6.45) is -0.202. The highest BCUT2D eigenvalue weighted by Gasteiger charge is 1.97. The van der Waals surface area contributed by atoms with Crippen LogP contribution in [-0.2, 0) is 0 Å². The summed E-state index contributed by atoms with van der Waals surface area (Å²) in [5.41, 5.74) is 0. The first-order chi connectivity index (χ1) is 4.79. The first kappa shape index (κ1) is 8.11. The fraction of sp³-hybridized carbons (Fsp3) is 0.429. The zero-order valence-corrected chi connectivity index (χ0v) is 7.41. The molecule has 10 heavy (non-hydrogen) atoms. The molecule has 1 aromatic rings. The van der Waals surface area contributed by atoms with Gasteiger partial charge in [0.1, 0.15) is 0 Å². The molecule has 0 spiro atoms. The Morgan fingerprint density at radius 2 is 2.60 bits per heavy atom. The van der Waals surface area contributed by atoms with Crippen molar-refractivity contribution in [3.63, 3.8) is 0 Å². The fourth-order valence-electron chi connectivity index (χ4n) is 0.548. The van der Waals surface area contributed by atoms with Gasteiger partial charge >= 0.3 is 0 Å². The number of aliphatic hydroxyl groups is 1. The summed E-state index contributed by atoms with van der Waals surface area (Å²) in [6.45, 7) is 1.81. The Morgan fingerprint density at radius 1 is 1.80 bits per heavy atom. The van der Waals surface area contributed by atoms with E-state index < -0.39 is 0 Å². The first-order valence-electron chi connectivity index (χ1n) is 3.13. The number of hydrogen-bond donors (Lipinski definition) is 1. The van der Waals surface area contributed by atoms with Crippen LogP contribution in [0.25, 0.3) is 0 Å². The minimum Gasteiger partial charge on any atom is -0.393 e. The van der Waals surface area contributed by atoms with E-state index in [4.69, 9.17) is 5.11 Å². The van der Waals surface area contributed by atoms with Crippen LogP contribution in [0.15, 0.2) is 21.7 Å². The molecule has 0 aliphatic carbocycles. The summed E-state index contributed by atoms with van der Waals surface area (Å²) in [5.74, 6) is 0.792. The highest BCUT2D eigenvalue weighted by Crippen LogP contribution is 2.23. The SMILES string of the molecule is C[C@@H](O)CSc1cccs1. The van der Waals surface area contributed by atoms with E-state index in [9.17, 15) is 0 Å². The van der Waals surface area contributed by atoms with Gasteiger partial charge in [-0.1, -0.05) is 6.07 Å². The molecule has 0 aromatic carbocycles. The van der Waals surface area contributed by atoms with Crippen molar-refractivity contribution in [2.24, 2.45) is 0 Å². The molecular formula is C7H10OS2. The zero-order chi connectivity index (χ0) is 7.40. The second-order valence-electron chi connectivity index (χ2n) is 2.09. The molecule has 0 amide bonds. The summed E-state index contributed by atoms with van der Waals surface area (Å²) in [7, 11) is 0. The molecule has 0 radical (unpaired) electrons. The van der Waals surface area contributed by atoms with Crippen molar-refractivity contribution in [3.8, 4) is 0 Å². The largest absolute Gasteiger partial charge is 0.393 e. The van der Waals surface area contributed by atoms with E-state index in [0.29, 0.717) is 0 Å². The topological polar surface area (TPSA) is 20.2 Å². The average Bonchev–Trinajstić information content (AvgIpc) is 2.34. The van der Waals surface area contributed by atoms with E-state index in [0.717, 1.165) is 5.75 Å². The van der Waals surface area contributed by atoms with Crippen molar-refractivity contribution < 1.29 is 5.11 Å². The van der Waals surface area contributed by atoms with Crippen LogP contribution in [0.1, 0.15) is 6.92 Å². The standard InChI is InChI=1S/C7H10OS2/c1-6(8)5-10-7-3-2-4-9-7/h2-4,6,8H,5H2,1H3/t6-/m1/s1. The molecule has 1 aromatic heterocycles. The molecule has 0 aliphatic heterocycles. The molecule has 1 atom stereocenters. The van der Waals surface area contributed by atoms with Gasteiger partial charge in [-0.05, 0) is 18.4 Å². The van der Waals surface area contributed by atoms with E-state index >= 15 is 0 Å². The Balaban J connectivity index is 2.28. The van der Waals surface area contributed by atoms with Crippen LogP contribution in [0.5, 0.6) is 0 Å². The van der Waals surface area contributed by atoms with Crippen LogP contribution >= 0.6 is 23.1 Å². The monoisotopic (exact) mass is 174 g/mol. The maximum absolute atomic E-state index is 8.93. The van der Waals surface area contributed by atoms with Gasteiger partial charge < -0.3 is 5.11 Å². The smallest absolute Gasteiger partial charge is 0.0606 e. The van der Waals surface area contributed by atoms with Gasteiger partial charge in [-0.3, -0.25) is 0 Å². The zero-order valence-electron chi connectivity index (χ0n) is 5.78. The molecule has 0 unspecified atom stereocenters. The summed E-state index contributed by atoms with van der Waals surface area (Å²) in [5, 5.41) is 11.0. The molecule has 1 rings (SSSR count). The Kier molecular flexibility index (Phi) is 3.25.